The highest BCUT2D eigenvalue weighted by Crippen LogP contribution is 2.39. The average Bonchev–Trinajstić information content (AvgIpc) is 3.47. The number of fused-ring (bicyclic) bond motifs is 6. The number of nitrogens with zero attached hydrogens (tertiary/aromatic N) is 3. The zero-order valence-electron chi connectivity index (χ0n) is 29.6. The second-order valence-corrected chi connectivity index (χ2v) is 18.7. The Morgan fingerprint density at radius 2 is 0.925 bits per heavy atom. The maximum atomic E-state index is 5.35. The molecule has 53 heavy (non-hydrogen) atoms. The normalized spacial score (nSPS) is 12.9. The lowest BCUT2D eigenvalue weighted by Crippen LogP contribution is -2.49. The Hall–Kier alpha value is -6.49. The van der Waals surface area contributed by atoms with Crippen molar-refractivity contribution in [2.45, 2.75) is 13.1 Å². The molecule has 3 nitrogen and oxygen atoms in total. The smallest absolute Gasteiger partial charge is 0.164 e. The summed E-state index contributed by atoms with van der Waals surface area (Å²) in [5, 5.41) is 7.88. The molecule has 9 aromatic rings. The summed E-state index contributed by atoms with van der Waals surface area (Å²) in [4.78, 5) is 15.9. The predicted molar refractivity (Wildman–Crippen MR) is 224 cm³/mol. The van der Waals surface area contributed by atoms with Crippen LogP contribution in [0.25, 0.3) is 89.1 Å². The van der Waals surface area contributed by atoms with E-state index < -0.39 is 8.07 Å². The molecule has 1 aliphatic rings. The summed E-state index contributed by atoms with van der Waals surface area (Å²) < 4.78 is 0. The monoisotopic (exact) mass is 693 g/mol. The molecular formula is C49H35N3Si. The van der Waals surface area contributed by atoms with Gasteiger partial charge in [-0.15, -0.1) is 0 Å². The lowest BCUT2D eigenvalue weighted by atomic mass is 9.96. The van der Waals surface area contributed by atoms with Gasteiger partial charge < -0.3 is 0 Å². The Morgan fingerprint density at radius 3 is 1.70 bits per heavy atom. The fourth-order valence-corrected chi connectivity index (χ4v) is 11.8. The highest BCUT2D eigenvalue weighted by Gasteiger charge is 2.40. The van der Waals surface area contributed by atoms with Crippen molar-refractivity contribution in [1.29, 1.82) is 0 Å². The number of rotatable bonds is 5. The molecule has 2 heterocycles. The minimum Gasteiger partial charge on any atom is -0.208 e. The average molecular weight is 694 g/mol. The van der Waals surface area contributed by atoms with Gasteiger partial charge in [0.15, 0.2) is 17.5 Å². The van der Waals surface area contributed by atoms with Crippen LogP contribution in [0.3, 0.4) is 0 Å². The van der Waals surface area contributed by atoms with Crippen LogP contribution >= 0.6 is 0 Å². The van der Waals surface area contributed by atoms with Gasteiger partial charge in [0.1, 0.15) is 8.07 Å². The van der Waals surface area contributed by atoms with Gasteiger partial charge in [-0.05, 0) is 77.4 Å². The molecule has 1 aromatic heterocycles. The first kappa shape index (κ1) is 31.3. The van der Waals surface area contributed by atoms with E-state index in [0.29, 0.717) is 17.5 Å². The topological polar surface area (TPSA) is 38.7 Å². The third kappa shape index (κ3) is 5.22. The van der Waals surface area contributed by atoms with Crippen LogP contribution < -0.4 is 10.4 Å². The summed E-state index contributed by atoms with van der Waals surface area (Å²) in [7, 11) is -2.05. The van der Waals surface area contributed by atoms with Crippen LogP contribution in [0.5, 0.6) is 0 Å². The van der Waals surface area contributed by atoms with Crippen molar-refractivity contribution in [3.8, 4) is 67.5 Å². The van der Waals surface area contributed by atoms with Gasteiger partial charge in [0, 0.05) is 16.7 Å². The minimum atomic E-state index is -2.05. The van der Waals surface area contributed by atoms with Crippen molar-refractivity contribution in [3.05, 3.63) is 176 Å². The molecule has 0 bridgehead atoms. The number of hydrogen-bond acceptors (Lipinski definition) is 3. The van der Waals surface area contributed by atoms with E-state index in [4.69, 9.17) is 15.0 Å². The molecule has 0 aliphatic carbocycles. The van der Waals surface area contributed by atoms with Crippen LogP contribution in [0, 0.1) is 0 Å². The zero-order valence-corrected chi connectivity index (χ0v) is 30.6. The van der Waals surface area contributed by atoms with Crippen LogP contribution in [0.15, 0.2) is 176 Å². The van der Waals surface area contributed by atoms with E-state index in [2.05, 4.69) is 189 Å². The summed E-state index contributed by atoms with van der Waals surface area (Å²) >= 11 is 0. The standard InChI is InChI=1S/C49H35N3Si/c1-53(2)44-23-13-22-43(45(44)42-29-28-34-18-9-10-20-40(34)46(42)53)49-51-47(50-48(52-49)41-21-12-11-19-39(41)33-16-7-4-8-17-33)38-27-26-36-30-35(24-25-37(36)31-38)32-14-5-3-6-15-32/h3-31H,1-2H3. The second-order valence-electron chi connectivity index (χ2n) is 14.4. The maximum Gasteiger partial charge on any atom is 0.164 e. The summed E-state index contributed by atoms with van der Waals surface area (Å²) in [5.74, 6) is 2.01. The van der Waals surface area contributed by atoms with Gasteiger partial charge in [-0.3, -0.25) is 0 Å². The molecule has 250 valence electrons. The van der Waals surface area contributed by atoms with Crippen molar-refractivity contribution in [2.24, 2.45) is 0 Å². The van der Waals surface area contributed by atoms with E-state index in [9.17, 15) is 0 Å². The minimum absolute atomic E-state index is 0.660. The van der Waals surface area contributed by atoms with Crippen LogP contribution in [0.1, 0.15) is 0 Å². The van der Waals surface area contributed by atoms with E-state index in [1.54, 1.807) is 0 Å². The summed E-state index contributed by atoms with van der Waals surface area (Å²) in [6.45, 7) is 4.96. The van der Waals surface area contributed by atoms with Gasteiger partial charge in [-0.25, -0.2) is 15.0 Å². The van der Waals surface area contributed by atoms with Gasteiger partial charge >= 0.3 is 0 Å². The van der Waals surface area contributed by atoms with Crippen molar-refractivity contribution >= 4 is 40.0 Å². The molecule has 0 N–H and O–H groups in total. The van der Waals surface area contributed by atoms with Gasteiger partial charge in [-0.2, -0.15) is 0 Å². The molecule has 0 unspecified atom stereocenters. The first-order valence-corrected chi connectivity index (χ1v) is 21.2. The molecule has 0 spiro atoms. The van der Waals surface area contributed by atoms with Crippen LogP contribution in [-0.2, 0) is 0 Å². The highest BCUT2D eigenvalue weighted by atomic mass is 28.3. The van der Waals surface area contributed by atoms with Gasteiger partial charge in [0.2, 0.25) is 0 Å². The molecule has 4 heteroatoms. The van der Waals surface area contributed by atoms with Gasteiger partial charge in [0.25, 0.3) is 0 Å². The molecule has 0 atom stereocenters. The predicted octanol–water partition coefficient (Wildman–Crippen LogP) is 11.3. The lowest BCUT2D eigenvalue weighted by Gasteiger charge is -2.20. The first-order valence-electron chi connectivity index (χ1n) is 18.2. The summed E-state index contributed by atoms with van der Waals surface area (Å²) in [6.07, 6.45) is 0. The Bertz CT molecular complexity index is 2860. The van der Waals surface area contributed by atoms with E-state index in [-0.39, 0.29) is 0 Å². The van der Waals surface area contributed by atoms with Crippen LogP contribution in [-0.4, -0.2) is 23.0 Å². The maximum absolute atomic E-state index is 5.35. The fraction of sp³-hybridized carbons (Fsp3) is 0.0408. The van der Waals surface area contributed by atoms with Gasteiger partial charge in [-0.1, -0.05) is 177 Å². The molecular weight excluding hydrogens is 659 g/mol. The Labute approximate surface area is 310 Å². The summed E-state index contributed by atoms with van der Waals surface area (Å²) in [6, 6.07) is 62.8. The Balaban J connectivity index is 1.19. The summed E-state index contributed by atoms with van der Waals surface area (Å²) in [5.41, 5.74) is 10.2. The molecule has 1 aliphatic heterocycles. The zero-order chi connectivity index (χ0) is 35.5. The molecule has 0 amide bonds. The highest BCUT2D eigenvalue weighted by molar-refractivity contribution is 7.05. The van der Waals surface area contributed by atoms with E-state index in [0.717, 1.165) is 33.2 Å². The van der Waals surface area contributed by atoms with Crippen molar-refractivity contribution in [1.82, 2.24) is 15.0 Å². The van der Waals surface area contributed by atoms with Crippen LogP contribution in [0.2, 0.25) is 13.1 Å². The van der Waals surface area contributed by atoms with E-state index in [1.165, 1.54) is 48.8 Å². The third-order valence-electron chi connectivity index (χ3n) is 10.9. The molecule has 0 fully saturated rings. The Morgan fingerprint density at radius 1 is 0.358 bits per heavy atom. The number of aromatic nitrogens is 3. The molecule has 0 radical (unpaired) electrons. The SMILES string of the molecule is C[Si]1(C)c2cccc(-c3nc(-c4ccc5cc(-c6ccccc6)ccc5c4)nc(-c4ccccc4-c4ccccc4)n3)c2-c2ccc3ccccc3c21. The first-order chi connectivity index (χ1) is 26.0. The van der Waals surface area contributed by atoms with Crippen molar-refractivity contribution in [2.75, 3.05) is 0 Å². The van der Waals surface area contributed by atoms with E-state index >= 15 is 0 Å². The Kier molecular flexibility index (Phi) is 7.27. The molecule has 8 aromatic carbocycles. The molecule has 0 saturated heterocycles. The lowest BCUT2D eigenvalue weighted by molar-refractivity contribution is 1.08. The molecule has 10 rings (SSSR count). The molecule has 0 saturated carbocycles. The second kappa shape index (κ2) is 12.3. The van der Waals surface area contributed by atoms with Crippen molar-refractivity contribution < 1.29 is 0 Å². The van der Waals surface area contributed by atoms with Crippen molar-refractivity contribution in [3.63, 3.8) is 0 Å². The number of hydrogen-bond donors (Lipinski definition) is 0. The fourth-order valence-electron chi connectivity index (χ4n) is 8.33. The van der Waals surface area contributed by atoms with Crippen LogP contribution in [0.4, 0.5) is 0 Å². The largest absolute Gasteiger partial charge is 0.208 e. The van der Waals surface area contributed by atoms with Gasteiger partial charge in [0.05, 0.1) is 0 Å². The van der Waals surface area contributed by atoms with E-state index in [1.807, 2.05) is 0 Å². The quantitative estimate of drug-likeness (QED) is 0.168. The number of benzene rings is 8. The third-order valence-corrected chi connectivity index (χ3v) is 14.4.